The number of imidazole rings is 1. The minimum absolute atomic E-state index is 0.114. The summed E-state index contributed by atoms with van der Waals surface area (Å²) in [4.78, 5) is 44.8. The number of rotatable bonds is 5. The number of amidine groups is 1. The van der Waals surface area contributed by atoms with Gasteiger partial charge in [0.1, 0.15) is 17.9 Å². The van der Waals surface area contributed by atoms with E-state index in [-0.39, 0.29) is 12.7 Å². The lowest BCUT2D eigenvalue weighted by atomic mass is 10.1. The van der Waals surface area contributed by atoms with E-state index < -0.39 is 30.5 Å². The number of imide groups is 1. The van der Waals surface area contributed by atoms with Gasteiger partial charge in [-0.2, -0.15) is 0 Å². The first-order valence-corrected chi connectivity index (χ1v) is 9.91. The van der Waals surface area contributed by atoms with Crippen LogP contribution in [-0.4, -0.2) is 71.0 Å². The predicted molar refractivity (Wildman–Crippen MR) is 101 cm³/mol. The summed E-state index contributed by atoms with van der Waals surface area (Å²) < 4.78 is 14.6. The summed E-state index contributed by atoms with van der Waals surface area (Å²) >= 11 is 0. The summed E-state index contributed by atoms with van der Waals surface area (Å²) in [6.07, 6.45) is 2.14. The number of aromatic nitrogens is 2. The van der Waals surface area contributed by atoms with Crippen LogP contribution < -0.4 is 4.57 Å². The first-order valence-electron chi connectivity index (χ1n) is 9.91. The lowest BCUT2D eigenvalue weighted by molar-refractivity contribution is -0.695. The summed E-state index contributed by atoms with van der Waals surface area (Å²) in [5.41, 5.74) is 1.90. The Morgan fingerprint density at radius 3 is 2.76 bits per heavy atom. The van der Waals surface area contributed by atoms with Crippen molar-refractivity contribution in [1.82, 2.24) is 14.4 Å². The number of fused-ring (bicyclic) bond motifs is 3. The first kappa shape index (κ1) is 19.6. The van der Waals surface area contributed by atoms with Gasteiger partial charge in [-0.25, -0.2) is 18.8 Å². The summed E-state index contributed by atoms with van der Waals surface area (Å²) in [6.45, 7) is 6.78. The molecule has 0 radical (unpaired) electrons. The molecule has 10 heteroatoms. The van der Waals surface area contributed by atoms with E-state index in [4.69, 9.17) is 9.47 Å². The third-order valence-electron chi connectivity index (χ3n) is 5.83. The van der Waals surface area contributed by atoms with Crippen LogP contribution in [-0.2, 0) is 25.6 Å². The number of aliphatic imine (C=N–C) groups is 1. The lowest BCUT2D eigenvalue weighted by Crippen LogP contribution is -2.58. The van der Waals surface area contributed by atoms with Gasteiger partial charge in [0.15, 0.2) is 0 Å². The molecule has 3 aliphatic heterocycles. The van der Waals surface area contributed by atoms with Crippen molar-refractivity contribution in [3.63, 3.8) is 0 Å². The molecule has 0 bridgehead atoms. The van der Waals surface area contributed by atoms with Crippen LogP contribution in [0.2, 0.25) is 0 Å². The highest BCUT2D eigenvalue weighted by molar-refractivity contribution is 6.21. The van der Waals surface area contributed by atoms with Gasteiger partial charge in [0.05, 0.1) is 19.3 Å². The van der Waals surface area contributed by atoms with Gasteiger partial charge in [0, 0.05) is 13.7 Å². The monoisotopic (exact) mass is 404 g/mol. The average molecular weight is 404 g/mol. The van der Waals surface area contributed by atoms with Crippen molar-refractivity contribution in [2.45, 2.75) is 52.3 Å². The molecule has 2 unspecified atom stereocenters. The standard InChI is InChI=1S/C19H26N5O5/c1-5-28-14(25)10-23-17(26)15-16(21(4)19(23)27)20-18-22(9-13-7-6-8-29-13)11(2)12(3)24(15)18/h13,15H,5-10H2,1-4H3/q+1. The van der Waals surface area contributed by atoms with Crippen molar-refractivity contribution in [1.29, 1.82) is 0 Å². The topological polar surface area (TPSA) is 97.3 Å². The number of likely N-dealkylation sites (N-methyl/N-ethyl adjacent to an activating group) is 1. The van der Waals surface area contributed by atoms with Crippen LogP contribution in [0.4, 0.5) is 10.7 Å². The SMILES string of the molecule is CCOC(=O)CN1C(=O)C2C(=Nc3n2c(C)c(C)[n+]3CC2CCCO2)N(C)C1=O. The maximum absolute atomic E-state index is 13.2. The molecule has 0 N–H and O–H groups in total. The van der Waals surface area contributed by atoms with Gasteiger partial charge < -0.3 is 9.47 Å². The molecule has 1 aromatic heterocycles. The third kappa shape index (κ3) is 3.02. The average Bonchev–Trinajstić information content (AvgIpc) is 3.38. The molecule has 156 valence electrons. The fraction of sp³-hybridized carbons (Fsp3) is 0.632. The first-order chi connectivity index (χ1) is 13.8. The molecule has 2 atom stereocenters. The van der Waals surface area contributed by atoms with Crippen molar-refractivity contribution in [2.24, 2.45) is 4.99 Å². The van der Waals surface area contributed by atoms with Gasteiger partial charge in [-0.15, -0.1) is 0 Å². The summed E-state index contributed by atoms with van der Waals surface area (Å²) in [5.74, 6) is -0.0862. The molecule has 1 aromatic rings. The minimum atomic E-state index is -0.772. The lowest BCUT2D eigenvalue weighted by Gasteiger charge is -2.32. The van der Waals surface area contributed by atoms with E-state index in [1.165, 1.54) is 4.90 Å². The number of carbonyl (C=O) groups excluding carboxylic acids is 3. The van der Waals surface area contributed by atoms with Crippen LogP contribution in [0.15, 0.2) is 4.99 Å². The molecule has 2 saturated heterocycles. The van der Waals surface area contributed by atoms with Gasteiger partial charge in [-0.1, -0.05) is 4.99 Å². The fourth-order valence-electron chi connectivity index (χ4n) is 4.19. The highest BCUT2D eigenvalue weighted by Gasteiger charge is 2.54. The summed E-state index contributed by atoms with van der Waals surface area (Å²) in [6, 6.07) is -1.35. The van der Waals surface area contributed by atoms with E-state index in [0.29, 0.717) is 18.3 Å². The second-order valence-corrected chi connectivity index (χ2v) is 7.53. The van der Waals surface area contributed by atoms with Gasteiger partial charge >= 0.3 is 17.9 Å². The Labute approximate surface area is 168 Å². The van der Waals surface area contributed by atoms with Crippen LogP contribution in [0.25, 0.3) is 0 Å². The maximum Gasteiger partial charge on any atom is 0.402 e. The van der Waals surface area contributed by atoms with Crippen LogP contribution in [0.3, 0.4) is 0 Å². The number of amides is 3. The van der Waals surface area contributed by atoms with Gasteiger partial charge in [0.25, 0.3) is 5.91 Å². The molecule has 0 saturated carbocycles. The molecule has 4 heterocycles. The van der Waals surface area contributed by atoms with Crippen LogP contribution in [0.1, 0.15) is 37.2 Å². The fourth-order valence-corrected chi connectivity index (χ4v) is 4.19. The third-order valence-corrected chi connectivity index (χ3v) is 5.83. The summed E-state index contributed by atoms with van der Waals surface area (Å²) in [5, 5.41) is 0. The number of carbonyl (C=O) groups is 3. The van der Waals surface area contributed by atoms with Crippen LogP contribution in [0.5, 0.6) is 0 Å². The number of nitrogens with zero attached hydrogens (tertiary/aromatic N) is 5. The van der Waals surface area contributed by atoms with E-state index in [0.717, 1.165) is 35.7 Å². The molecule has 2 fully saturated rings. The molecule has 0 aromatic carbocycles. The Morgan fingerprint density at radius 2 is 2.10 bits per heavy atom. The van der Waals surface area contributed by atoms with Gasteiger partial charge in [-0.3, -0.25) is 14.5 Å². The number of hydrogen-bond donors (Lipinski definition) is 0. The number of esters is 1. The van der Waals surface area contributed by atoms with E-state index in [9.17, 15) is 14.4 Å². The second-order valence-electron chi connectivity index (χ2n) is 7.53. The second kappa shape index (κ2) is 7.25. The number of ether oxygens (including phenoxy) is 2. The zero-order valence-corrected chi connectivity index (χ0v) is 17.2. The molecule has 10 nitrogen and oxygen atoms in total. The van der Waals surface area contributed by atoms with Crippen molar-refractivity contribution >= 4 is 29.7 Å². The highest BCUT2D eigenvalue weighted by atomic mass is 16.5. The smallest absolute Gasteiger partial charge is 0.402 e. The van der Waals surface area contributed by atoms with E-state index in [2.05, 4.69) is 9.56 Å². The zero-order chi connectivity index (χ0) is 20.9. The minimum Gasteiger partial charge on any atom is -0.465 e. The molecule has 29 heavy (non-hydrogen) atoms. The van der Waals surface area contributed by atoms with Crippen LogP contribution >= 0.6 is 0 Å². The normalized spacial score (nSPS) is 23.4. The predicted octanol–water partition coefficient (Wildman–Crippen LogP) is 0.613. The Hall–Kier alpha value is -2.75. The van der Waals surface area contributed by atoms with Crippen molar-refractivity contribution in [2.75, 3.05) is 26.8 Å². The quantitative estimate of drug-likeness (QED) is 0.529. The van der Waals surface area contributed by atoms with Crippen LogP contribution in [0, 0.1) is 13.8 Å². The Balaban J connectivity index is 1.71. The Morgan fingerprint density at radius 1 is 1.34 bits per heavy atom. The van der Waals surface area contributed by atoms with Gasteiger partial charge in [-0.05, 0) is 33.6 Å². The van der Waals surface area contributed by atoms with Crippen molar-refractivity contribution < 1.29 is 28.4 Å². The highest BCUT2D eigenvalue weighted by Crippen LogP contribution is 2.35. The Bertz CT molecular complexity index is 915. The molecular weight excluding hydrogens is 378 g/mol. The molecule has 0 aliphatic carbocycles. The molecular formula is C19H26N5O5+. The zero-order valence-electron chi connectivity index (χ0n) is 17.2. The number of hydrogen-bond acceptors (Lipinski definition) is 6. The van der Waals surface area contributed by atoms with Crippen molar-refractivity contribution in [3.8, 4) is 0 Å². The van der Waals surface area contributed by atoms with Crippen molar-refractivity contribution in [3.05, 3.63) is 11.4 Å². The molecule has 0 spiro atoms. The Kier molecular flexibility index (Phi) is 4.89. The molecule has 4 rings (SSSR count). The number of urea groups is 1. The van der Waals surface area contributed by atoms with Gasteiger partial charge in [0.2, 0.25) is 11.9 Å². The maximum atomic E-state index is 13.2. The summed E-state index contributed by atoms with van der Waals surface area (Å²) in [7, 11) is 1.57. The van der Waals surface area contributed by atoms with E-state index >= 15 is 0 Å². The van der Waals surface area contributed by atoms with E-state index in [1.54, 1.807) is 14.0 Å². The molecule has 3 aliphatic rings. The molecule has 3 amide bonds. The van der Waals surface area contributed by atoms with E-state index in [1.807, 2.05) is 18.4 Å². The largest absolute Gasteiger partial charge is 0.465 e.